The molecule has 2 heterocycles. The molecule has 2 unspecified atom stereocenters. The van der Waals surface area contributed by atoms with Gasteiger partial charge in [0.2, 0.25) is 0 Å². The van der Waals surface area contributed by atoms with Crippen molar-refractivity contribution in [2.24, 2.45) is 11.8 Å². The highest BCUT2D eigenvalue weighted by Crippen LogP contribution is 2.36. The van der Waals surface area contributed by atoms with Crippen molar-refractivity contribution in [2.75, 3.05) is 0 Å². The zero-order chi connectivity index (χ0) is 12.5. The zero-order valence-electron chi connectivity index (χ0n) is 10.6. The first-order chi connectivity index (χ1) is 8.78. The monoisotopic (exact) mass is 278 g/mol. The van der Waals surface area contributed by atoms with Crippen LogP contribution in [0.15, 0.2) is 17.5 Å². The van der Waals surface area contributed by atoms with Crippen molar-refractivity contribution < 1.29 is 4.79 Å². The van der Waals surface area contributed by atoms with E-state index in [2.05, 4.69) is 24.4 Å². The molecule has 1 aliphatic carbocycles. The van der Waals surface area contributed by atoms with E-state index in [9.17, 15) is 4.79 Å². The van der Waals surface area contributed by atoms with E-state index < -0.39 is 0 Å². The second kappa shape index (κ2) is 5.14. The van der Waals surface area contributed by atoms with Crippen LogP contribution in [0.4, 0.5) is 0 Å². The van der Waals surface area contributed by atoms with Gasteiger partial charge in [-0.05, 0) is 36.3 Å². The van der Waals surface area contributed by atoms with Gasteiger partial charge in [-0.2, -0.15) is 0 Å². The number of carbonyl (C=O) groups excluding carboxylic acids is 1. The predicted octanol–water partition coefficient (Wildman–Crippen LogP) is 5.36. The number of hydrogen-bond acceptors (Lipinski definition) is 3. The number of rotatable bonds is 3. The van der Waals surface area contributed by atoms with Gasteiger partial charge in [0.25, 0.3) is 0 Å². The van der Waals surface area contributed by atoms with Gasteiger partial charge in [0.05, 0.1) is 4.88 Å². The van der Waals surface area contributed by atoms with Crippen molar-refractivity contribution in [3.05, 3.63) is 22.4 Å². The van der Waals surface area contributed by atoms with Crippen LogP contribution >= 0.6 is 22.7 Å². The van der Waals surface area contributed by atoms with Gasteiger partial charge < -0.3 is 0 Å². The highest BCUT2D eigenvalue weighted by molar-refractivity contribution is 7.27. The first-order valence-electron chi connectivity index (χ1n) is 6.79. The third-order valence-electron chi connectivity index (χ3n) is 4.11. The fraction of sp³-hybridized carbons (Fsp3) is 0.533. The second-order valence-corrected chi connectivity index (χ2v) is 7.29. The average molecular weight is 278 g/mol. The van der Waals surface area contributed by atoms with Crippen LogP contribution in [-0.4, -0.2) is 5.78 Å². The summed E-state index contributed by atoms with van der Waals surface area (Å²) in [7, 11) is 0. The Morgan fingerprint density at radius 2 is 2.28 bits per heavy atom. The van der Waals surface area contributed by atoms with Gasteiger partial charge in [-0.3, -0.25) is 4.79 Å². The largest absolute Gasteiger partial charge is 0.293 e. The van der Waals surface area contributed by atoms with Gasteiger partial charge in [0, 0.05) is 15.3 Å². The third kappa shape index (κ3) is 2.26. The summed E-state index contributed by atoms with van der Waals surface area (Å²) >= 11 is 3.41. The fourth-order valence-corrected chi connectivity index (χ4v) is 5.12. The van der Waals surface area contributed by atoms with Gasteiger partial charge >= 0.3 is 0 Å². The molecule has 2 aromatic heterocycles. The highest BCUT2D eigenvalue weighted by Gasteiger charge is 2.28. The van der Waals surface area contributed by atoms with Crippen LogP contribution in [-0.2, 0) is 0 Å². The molecule has 0 N–H and O–H groups in total. The average Bonchev–Trinajstić information content (AvgIpc) is 2.98. The molecule has 96 valence electrons. The first-order valence-corrected chi connectivity index (χ1v) is 8.48. The Kier molecular flexibility index (Phi) is 3.53. The Morgan fingerprint density at radius 1 is 1.39 bits per heavy atom. The zero-order valence-corrected chi connectivity index (χ0v) is 12.3. The summed E-state index contributed by atoms with van der Waals surface area (Å²) < 4.78 is 2.54. The molecule has 1 nitrogen and oxygen atoms in total. The lowest BCUT2D eigenvalue weighted by Gasteiger charge is -2.27. The Morgan fingerprint density at radius 3 is 3.06 bits per heavy atom. The summed E-state index contributed by atoms with van der Waals surface area (Å²) in [5.74, 6) is 1.46. The molecule has 1 aliphatic rings. The smallest absolute Gasteiger partial charge is 0.175 e. The predicted molar refractivity (Wildman–Crippen MR) is 79.8 cm³/mol. The fourth-order valence-electron chi connectivity index (χ4n) is 2.99. The van der Waals surface area contributed by atoms with Crippen LogP contribution < -0.4 is 0 Å². The maximum atomic E-state index is 12.5. The molecule has 0 aliphatic heterocycles. The molecule has 1 fully saturated rings. The van der Waals surface area contributed by atoms with Gasteiger partial charge in [-0.15, -0.1) is 22.7 Å². The first kappa shape index (κ1) is 12.4. The molecule has 3 rings (SSSR count). The van der Waals surface area contributed by atoms with E-state index in [1.54, 1.807) is 22.7 Å². The summed E-state index contributed by atoms with van der Waals surface area (Å²) in [4.78, 5) is 13.5. The number of ketones is 1. The Bertz CT molecular complexity index is 523. The molecule has 2 atom stereocenters. The molecule has 0 radical (unpaired) electrons. The quantitative estimate of drug-likeness (QED) is 0.690. The van der Waals surface area contributed by atoms with Gasteiger partial charge in [0.1, 0.15) is 0 Å². The van der Waals surface area contributed by atoms with Crippen molar-refractivity contribution >= 4 is 37.9 Å². The lowest BCUT2D eigenvalue weighted by atomic mass is 9.78. The minimum atomic E-state index is 0.288. The summed E-state index contributed by atoms with van der Waals surface area (Å²) in [5, 5.41) is 2.10. The van der Waals surface area contributed by atoms with Crippen molar-refractivity contribution in [3.63, 3.8) is 0 Å². The Hall–Kier alpha value is -0.670. The molecule has 3 heteroatoms. The van der Waals surface area contributed by atoms with Gasteiger partial charge in [-0.25, -0.2) is 0 Å². The molecule has 0 saturated heterocycles. The molecule has 0 spiro atoms. The Labute approximate surface area is 116 Å². The molecular formula is C15H18OS2. The van der Waals surface area contributed by atoms with Gasteiger partial charge in [-0.1, -0.05) is 26.2 Å². The number of carbonyl (C=O) groups is 1. The van der Waals surface area contributed by atoms with Crippen molar-refractivity contribution in [2.45, 2.75) is 39.0 Å². The summed E-state index contributed by atoms with van der Waals surface area (Å²) in [6.07, 6.45) is 5.99. The molecule has 0 aromatic carbocycles. The molecule has 0 bridgehead atoms. The van der Waals surface area contributed by atoms with Crippen LogP contribution in [0, 0.1) is 11.8 Å². The number of hydrogen-bond donors (Lipinski definition) is 0. The summed E-state index contributed by atoms with van der Waals surface area (Å²) in [5.41, 5.74) is 0. The van der Waals surface area contributed by atoms with E-state index in [0.29, 0.717) is 5.78 Å². The summed E-state index contributed by atoms with van der Waals surface area (Å²) in [6.45, 7) is 2.25. The van der Waals surface area contributed by atoms with Crippen molar-refractivity contribution in [3.8, 4) is 0 Å². The van der Waals surface area contributed by atoms with Crippen LogP contribution in [0.3, 0.4) is 0 Å². The lowest BCUT2D eigenvalue weighted by Crippen LogP contribution is -2.22. The molecule has 0 amide bonds. The van der Waals surface area contributed by atoms with Gasteiger partial charge in [0.15, 0.2) is 5.78 Å². The molecule has 2 aromatic rings. The number of thiophene rings is 2. The SMILES string of the molecule is CCC1CCCC(C(=O)c2cc3sccc3s2)C1. The van der Waals surface area contributed by atoms with E-state index in [0.717, 1.165) is 23.6 Å². The van der Waals surface area contributed by atoms with Crippen LogP contribution in [0.25, 0.3) is 9.40 Å². The van der Waals surface area contributed by atoms with E-state index >= 15 is 0 Å². The minimum absolute atomic E-state index is 0.288. The minimum Gasteiger partial charge on any atom is -0.293 e. The highest BCUT2D eigenvalue weighted by atomic mass is 32.1. The molecule has 1 saturated carbocycles. The number of Topliss-reactive ketones (excluding diaryl/α,β-unsaturated/α-hetero) is 1. The second-order valence-electron chi connectivity index (χ2n) is 5.26. The number of fused-ring (bicyclic) bond motifs is 1. The summed E-state index contributed by atoms with van der Waals surface area (Å²) in [6, 6.07) is 4.22. The van der Waals surface area contributed by atoms with E-state index in [-0.39, 0.29) is 5.92 Å². The maximum absolute atomic E-state index is 12.5. The lowest BCUT2D eigenvalue weighted by molar-refractivity contribution is 0.0866. The van der Waals surface area contributed by atoms with E-state index in [4.69, 9.17) is 0 Å². The maximum Gasteiger partial charge on any atom is 0.175 e. The van der Waals surface area contributed by atoms with Crippen LogP contribution in [0.2, 0.25) is 0 Å². The molecule has 18 heavy (non-hydrogen) atoms. The topological polar surface area (TPSA) is 17.1 Å². The third-order valence-corrected chi connectivity index (χ3v) is 6.22. The van der Waals surface area contributed by atoms with E-state index in [1.165, 1.54) is 28.7 Å². The van der Waals surface area contributed by atoms with E-state index in [1.807, 2.05) is 0 Å². The molecular weight excluding hydrogens is 260 g/mol. The van der Waals surface area contributed by atoms with Crippen LogP contribution in [0.1, 0.15) is 48.7 Å². The standard InChI is InChI=1S/C15H18OS2/c1-2-10-4-3-5-11(8-10)15(16)14-9-13-12(18-14)6-7-17-13/h6-7,9-11H,2-5,8H2,1H3. The Balaban J connectivity index is 1.79. The van der Waals surface area contributed by atoms with Crippen LogP contribution in [0.5, 0.6) is 0 Å². The van der Waals surface area contributed by atoms with Crippen molar-refractivity contribution in [1.29, 1.82) is 0 Å². The normalized spacial score (nSPS) is 24.5. The van der Waals surface area contributed by atoms with Crippen molar-refractivity contribution in [1.82, 2.24) is 0 Å².